The highest BCUT2D eigenvalue weighted by atomic mass is 19.1. The van der Waals surface area contributed by atoms with E-state index in [4.69, 9.17) is 5.26 Å². The molecule has 1 aliphatic rings. The number of hydrogen-bond donors (Lipinski definition) is 1. The van der Waals surface area contributed by atoms with Crippen LogP contribution in [0.15, 0.2) is 18.2 Å². The van der Waals surface area contributed by atoms with Crippen LogP contribution in [0.25, 0.3) is 0 Å². The largest absolute Gasteiger partial charge is 0.395 e. The topological polar surface area (TPSA) is 47.3 Å². The average Bonchev–Trinajstić information content (AvgIpc) is 2.43. The summed E-state index contributed by atoms with van der Waals surface area (Å²) in [5, 5.41) is 18.3. The van der Waals surface area contributed by atoms with Gasteiger partial charge in [-0.2, -0.15) is 5.26 Å². The zero-order chi connectivity index (χ0) is 13.8. The van der Waals surface area contributed by atoms with Crippen LogP contribution in [-0.4, -0.2) is 28.7 Å². The van der Waals surface area contributed by atoms with Crippen LogP contribution in [-0.2, 0) is 6.54 Å². The molecule has 0 spiro atoms. The summed E-state index contributed by atoms with van der Waals surface area (Å²) >= 11 is 0. The van der Waals surface area contributed by atoms with Crippen molar-refractivity contribution in [2.75, 3.05) is 6.61 Å². The number of piperidine rings is 1. The van der Waals surface area contributed by atoms with Crippen molar-refractivity contribution in [3.63, 3.8) is 0 Å². The zero-order valence-electron chi connectivity index (χ0n) is 11.1. The molecule has 1 heterocycles. The number of aliphatic hydroxyl groups excluding tert-OH is 1. The van der Waals surface area contributed by atoms with E-state index in [1.54, 1.807) is 12.1 Å². The van der Waals surface area contributed by atoms with Crippen molar-refractivity contribution in [1.82, 2.24) is 4.90 Å². The monoisotopic (exact) mass is 262 g/mol. The molecular weight excluding hydrogens is 243 g/mol. The van der Waals surface area contributed by atoms with Crippen LogP contribution >= 0.6 is 0 Å². The van der Waals surface area contributed by atoms with E-state index in [1.807, 2.05) is 6.07 Å². The summed E-state index contributed by atoms with van der Waals surface area (Å²) in [6, 6.07) is 7.10. The van der Waals surface area contributed by atoms with Gasteiger partial charge in [0.1, 0.15) is 11.9 Å². The van der Waals surface area contributed by atoms with Crippen molar-refractivity contribution in [1.29, 1.82) is 5.26 Å². The fourth-order valence-corrected chi connectivity index (χ4v) is 2.79. The predicted octanol–water partition coefficient (Wildman–Crippen LogP) is 2.43. The van der Waals surface area contributed by atoms with E-state index in [0.29, 0.717) is 12.6 Å². The van der Waals surface area contributed by atoms with Crippen molar-refractivity contribution in [3.8, 4) is 6.07 Å². The third-order valence-corrected chi connectivity index (χ3v) is 3.92. The number of nitriles is 1. The van der Waals surface area contributed by atoms with Crippen LogP contribution in [0.2, 0.25) is 0 Å². The molecule has 1 fully saturated rings. The molecule has 3 nitrogen and oxygen atoms in total. The lowest BCUT2D eigenvalue weighted by molar-refractivity contribution is 0.0451. The highest BCUT2D eigenvalue weighted by Gasteiger charge is 2.27. The van der Waals surface area contributed by atoms with Crippen LogP contribution in [0.3, 0.4) is 0 Å². The molecule has 1 aromatic carbocycles. The second-order valence-corrected chi connectivity index (χ2v) is 5.21. The maximum absolute atomic E-state index is 13.3. The zero-order valence-corrected chi connectivity index (χ0v) is 11.1. The minimum absolute atomic E-state index is 0.0858. The van der Waals surface area contributed by atoms with Crippen LogP contribution in [0, 0.1) is 17.1 Å². The molecule has 0 bridgehead atoms. The standard InChI is InChI=1S/C15H19FN2O/c1-11-3-2-4-14(10-19)18(11)9-12-5-6-15(16)13(7-12)8-17/h5-7,11,14,19H,2-4,9-10H2,1H3. The smallest absolute Gasteiger partial charge is 0.140 e. The normalized spacial score (nSPS) is 24.1. The lowest BCUT2D eigenvalue weighted by Gasteiger charge is -2.40. The van der Waals surface area contributed by atoms with Crippen molar-refractivity contribution in [2.24, 2.45) is 0 Å². The van der Waals surface area contributed by atoms with Crippen molar-refractivity contribution < 1.29 is 9.50 Å². The Kier molecular flexibility index (Phi) is 4.52. The first kappa shape index (κ1) is 14.0. The Hall–Kier alpha value is -1.44. The highest BCUT2D eigenvalue weighted by molar-refractivity contribution is 5.34. The van der Waals surface area contributed by atoms with Gasteiger partial charge in [-0.3, -0.25) is 4.90 Å². The Morgan fingerprint density at radius 3 is 2.95 bits per heavy atom. The summed E-state index contributed by atoms with van der Waals surface area (Å²) in [5.74, 6) is -0.475. The number of likely N-dealkylation sites (tertiary alicyclic amines) is 1. The van der Waals surface area contributed by atoms with E-state index in [1.165, 1.54) is 6.07 Å². The molecule has 2 rings (SSSR count). The minimum atomic E-state index is -0.475. The molecule has 0 aromatic heterocycles. The number of rotatable bonds is 3. The van der Waals surface area contributed by atoms with E-state index in [9.17, 15) is 9.50 Å². The van der Waals surface area contributed by atoms with Gasteiger partial charge >= 0.3 is 0 Å². The number of nitrogens with zero attached hydrogens (tertiary/aromatic N) is 2. The fraction of sp³-hybridized carbons (Fsp3) is 0.533. The third kappa shape index (κ3) is 3.12. The van der Waals surface area contributed by atoms with Crippen molar-refractivity contribution in [3.05, 3.63) is 35.1 Å². The first-order valence-electron chi connectivity index (χ1n) is 6.71. The number of benzene rings is 1. The lowest BCUT2D eigenvalue weighted by atomic mass is 9.96. The molecule has 1 aliphatic heterocycles. The molecule has 0 amide bonds. The second kappa shape index (κ2) is 6.14. The molecule has 1 saturated heterocycles. The molecule has 0 radical (unpaired) electrons. The fourth-order valence-electron chi connectivity index (χ4n) is 2.79. The lowest BCUT2D eigenvalue weighted by Crippen LogP contribution is -2.46. The number of hydrogen-bond acceptors (Lipinski definition) is 3. The van der Waals surface area contributed by atoms with Gasteiger partial charge in [0.25, 0.3) is 0 Å². The van der Waals surface area contributed by atoms with E-state index >= 15 is 0 Å². The van der Waals surface area contributed by atoms with Gasteiger partial charge in [-0.25, -0.2) is 4.39 Å². The maximum Gasteiger partial charge on any atom is 0.140 e. The van der Waals surface area contributed by atoms with E-state index in [-0.39, 0.29) is 18.2 Å². The van der Waals surface area contributed by atoms with Crippen LogP contribution in [0.4, 0.5) is 4.39 Å². The summed E-state index contributed by atoms with van der Waals surface area (Å²) < 4.78 is 13.3. The van der Waals surface area contributed by atoms with Gasteiger partial charge in [-0.15, -0.1) is 0 Å². The molecule has 0 saturated carbocycles. The summed E-state index contributed by atoms with van der Waals surface area (Å²) in [6.45, 7) is 2.95. The minimum Gasteiger partial charge on any atom is -0.395 e. The Bertz CT molecular complexity index is 484. The molecule has 0 aliphatic carbocycles. The number of halogens is 1. The second-order valence-electron chi connectivity index (χ2n) is 5.21. The van der Waals surface area contributed by atoms with Gasteiger partial charge in [-0.05, 0) is 37.5 Å². The molecule has 19 heavy (non-hydrogen) atoms. The van der Waals surface area contributed by atoms with Crippen LogP contribution in [0.1, 0.15) is 37.3 Å². The number of aliphatic hydroxyl groups is 1. The summed E-state index contributed by atoms with van der Waals surface area (Å²) in [6.07, 6.45) is 3.24. The van der Waals surface area contributed by atoms with Crippen LogP contribution < -0.4 is 0 Å². The predicted molar refractivity (Wildman–Crippen MR) is 70.8 cm³/mol. The molecular formula is C15H19FN2O. The van der Waals surface area contributed by atoms with E-state index in [0.717, 1.165) is 24.8 Å². The summed E-state index contributed by atoms with van der Waals surface area (Å²) in [4.78, 5) is 2.25. The summed E-state index contributed by atoms with van der Waals surface area (Å²) in [5.41, 5.74) is 1.01. The molecule has 1 N–H and O–H groups in total. The van der Waals surface area contributed by atoms with Crippen molar-refractivity contribution in [2.45, 2.75) is 44.8 Å². The maximum atomic E-state index is 13.3. The Morgan fingerprint density at radius 2 is 2.26 bits per heavy atom. The van der Waals surface area contributed by atoms with Crippen molar-refractivity contribution >= 4 is 0 Å². The molecule has 2 atom stereocenters. The molecule has 2 unspecified atom stereocenters. The Morgan fingerprint density at radius 1 is 1.47 bits per heavy atom. The van der Waals surface area contributed by atoms with Gasteiger partial charge in [0, 0.05) is 18.6 Å². The molecule has 4 heteroatoms. The van der Waals surface area contributed by atoms with E-state index in [2.05, 4.69) is 11.8 Å². The van der Waals surface area contributed by atoms with Gasteiger partial charge in [0.15, 0.2) is 0 Å². The molecule has 102 valence electrons. The summed E-state index contributed by atoms with van der Waals surface area (Å²) in [7, 11) is 0. The van der Waals surface area contributed by atoms with Gasteiger partial charge in [0.2, 0.25) is 0 Å². The third-order valence-electron chi connectivity index (χ3n) is 3.92. The average molecular weight is 262 g/mol. The Labute approximate surface area is 113 Å². The van der Waals surface area contributed by atoms with Gasteiger partial charge < -0.3 is 5.11 Å². The van der Waals surface area contributed by atoms with Gasteiger partial charge in [-0.1, -0.05) is 12.5 Å². The SMILES string of the molecule is CC1CCCC(CO)N1Cc1ccc(F)c(C#N)c1. The van der Waals surface area contributed by atoms with Gasteiger partial charge in [0.05, 0.1) is 12.2 Å². The molecule has 1 aromatic rings. The van der Waals surface area contributed by atoms with E-state index < -0.39 is 5.82 Å². The first-order valence-corrected chi connectivity index (χ1v) is 6.71. The Balaban J connectivity index is 2.17. The van der Waals surface area contributed by atoms with Crippen LogP contribution in [0.5, 0.6) is 0 Å². The first-order chi connectivity index (χ1) is 9.15. The quantitative estimate of drug-likeness (QED) is 0.910. The highest BCUT2D eigenvalue weighted by Crippen LogP contribution is 2.25.